The molecule has 0 amide bonds. The fraction of sp³-hybridized carbons (Fsp3) is 0.636. The number of rotatable bonds is 7. The van der Waals surface area contributed by atoms with Crippen LogP contribution in [0.25, 0.3) is 0 Å². The van der Waals surface area contributed by atoms with Crippen LogP contribution in [0.4, 0.5) is 0 Å². The van der Waals surface area contributed by atoms with E-state index < -0.39 is 7.94 Å². The molecule has 1 heterocycles. The Morgan fingerprint density at radius 1 is 1.11 bits per heavy atom. The lowest BCUT2D eigenvalue weighted by atomic mass is 9.89. The molecule has 0 unspecified atom stereocenters. The van der Waals surface area contributed by atoms with E-state index in [0.29, 0.717) is 17.1 Å². The minimum atomic E-state index is -2.94. The standard InChI is InChI=1S/C22H35ClN3OP/c1-6-9-20(18-12-14-19(23)15-13-18)24-28(27)25(16(2)3)21-10-7-8-11-22(21)26(28)17(4)5/h6,12-17,20-22H,1,7-11H2,2-5H3,(H,24,27)/t20-,21-,22-/m1/s1. The highest BCUT2D eigenvalue weighted by Gasteiger charge is 2.61. The molecule has 1 aliphatic carbocycles. The van der Waals surface area contributed by atoms with E-state index >= 15 is 0 Å². The highest BCUT2D eigenvalue weighted by molar-refractivity contribution is 7.62. The Balaban J connectivity index is 2.00. The average molecular weight is 424 g/mol. The zero-order valence-corrected chi connectivity index (χ0v) is 19.3. The van der Waals surface area contributed by atoms with Gasteiger partial charge in [-0.2, -0.15) is 5.09 Å². The first-order valence-corrected chi connectivity index (χ1v) is 12.6. The number of nitrogens with zero attached hydrogens (tertiary/aromatic N) is 2. The fourth-order valence-corrected chi connectivity index (χ4v) is 8.97. The molecule has 2 aliphatic rings. The normalized spacial score (nSPS) is 26.6. The van der Waals surface area contributed by atoms with E-state index in [0.717, 1.165) is 24.8 Å². The van der Waals surface area contributed by atoms with Crippen LogP contribution in [-0.2, 0) is 0 Å². The number of benzene rings is 1. The molecule has 3 rings (SSSR count). The molecule has 0 bridgehead atoms. The molecule has 6 heteroatoms. The van der Waals surface area contributed by atoms with Gasteiger partial charge in [-0.05, 0) is 64.7 Å². The minimum Gasteiger partial charge on any atom is -0.636 e. The van der Waals surface area contributed by atoms with Gasteiger partial charge in [0.25, 0.3) is 0 Å². The van der Waals surface area contributed by atoms with Gasteiger partial charge in [-0.3, -0.25) is 0 Å². The Labute approximate surface area is 176 Å². The van der Waals surface area contributed by atoms with Crippen LogP contribution in [0.5, 0.6) is 0 Å². The molecule has 1 aliphatic heterocycles. The largest absolute Gasteiger partial charge is 0.636 e. The Bertz CT molecular complexity index is 642. The summed E-state index contributed by atoms with van der Waals surface area (Å²) in [6, 6.07) is 8.98. The molecule has 156 valence electrons. The predicted molar refractivity (Wildman–Crippen MR) is 119 cm³/mol. The molecule has 4 nitrogen and oxygen atoms in total. The molecule has 28 heavy (non-hydrogen) atoms. The maximum Gasteiger partial charge on any atom is 0.184 e. The SMILES string of the molecule is C=CC[C@@H](N[P+]1([O-])N(C(C)C)[C@@H]2CCCC[C@H]2N1C(C)C)c1ccc(Cl)cc1. The van der Waals surface area contributed by atoms with Crippen LogP contribution in [0.1, 0.15) is 71.4 Å². The van der Waals surface area contributed by atoms with Crippen LogP contribution in [-0.4, -0.2) is 33.5 Å². The van der Waals surface area contributed by atoms with E-state index in [2.05, 4.69) is 48.7 Å². The van der Waals surface area contributed by atoms with Crippen molar-refractivity contribution in [1.82, 2.24) is 14.4 Å². The van der Waals surface area contributed by atoms with Crippen molar-refractivity contribution in [3.63, 3.8) is 0 Å². The van der Waals surface area contributed by atoms with Crippen molar-refractivity contribution in [3.05, 3.63) is 47.5 Å². The van der Waals surface area contributed by atoms with Crippen LogP contribution in [0.3, 0.4) is 0 Å². The van der Waals surface area contributed by atoms with Crippen molar-refractivity contribution >= 4 is 19.5 Å². The Kier molecular flexibility index (Phi) is 7.23. The summed E-state index contributed by atoms with van der Waals surface area (Å²) in [7, 11) is -2.94. The van der Waals surface area contributed by atoms with Crippen LogP contribution < -0.4 is 9.98 Å². The van der Waals surface area contributed by atoms with Crippen LogP contribution in [0.15, 0.2) is 36.9 Å². The Hall–Kier alpha value is -0.480. The molecule has 1 saturated heterocycles. The predicted octanol–water partition coefficient (Wildman–Crippen LogP) is 5.33. The number of fused-ring (bicyclic) bond motifs is 1. The molecule has 0 spiro atoms. The van der Waals surface area contributed by atoms with Crippen LogP contribution in [0.2, 0.25) is 5.02 Å². The first kappa shape index (κ1) is 22.2. The molecule has 0 radical (unpaired) electrons. The summed E-state index contributed by atoms with van der Waals surface area (Å²) < 4.78 is 4.62. The Morgan fingerprint density at radius 3 is 2.04 bits per heavy atom. The molecule has 0 aromatic heterocycles. The maximum absolute atomic E-state index is 14.7. The van der Waals surface area contributed by atoms with E-state index in [9.17, 15) is 4.89 Å². The van der Waals surface area contributed by atoms with Gasteiger partial charge in [0.2, 0.25) is 0 Å². The van der Waals surface area contributed by atoms with Crippen LogP contribution >= 0.6 is 19.5 Å². The maximum atomic E-state index is 14.7. The molecule has 2 fully saturated rings. The fourth-order valence-electron chi connectivity index (χ4n) is 5.08. The third kappa shape index (κ3) is 4.19. The third-order valence-electron chi connectivity index (χ3n) is 6.06. The summed E-state index contributed by atoms with van der Waals surface area (Å²) in [4.78, 5) is 14.7. The van der Waals surface area contributed by atoms with Gasteiger partial charge in [0.05, 0.1) is 18.1 Å². The summed E-state index contributed by atoms with van der Waals surface area (Å²) in [5.74, 6) is 0. The number of halogens is 1. The van der Waals surface area contributed by atoms with Crippen LogP contribution in [0, 0.1) is 0 Å². The van der Waals surface area contributed by atoms with Gasteiger partial charge >= 0.3 is 0 Å². The van der Waals surface area contributed by atoms with E-state index in [4.69, 9.17) is 11.6 Å². The summed E-state index contributed by atoms with van der Waals surface area (Å²) in [6.07, 6.45) is 7.34. The molecule has 1 N–H and O–H groups in total. The number of hydrogen-bond acceptors (Lipinski definition) is 4. The van der Waals surface area contributed by atoms with Crippen molar-refractivity contribution in [2.45, 2.75) is 90.0 Å². The number of hydrogen-bond donors (Lipinski definition) is 1. The highest BCUT2D eigenvalue weighted by Crippen LogP contribution is 2.66. The van der Waals surface area contributed by atoms with Crippen molar-refractivity contribution in [2.24, 2.45) is 0 Å². The molecule has 1 aromatic carbocycles. The van der Waals surface area contributed by atoms with Crippen molar-refractivity contribution in [2.75, 3.05) is 0 Å². The smallest absolute Gasteiger partial charge is 0.184 e. The lowest BCUT2D eigenvalue weighted by molar-refractivity contribution is -0.198. The van der Waals surface area contributed by atoms with Gasteiger partial charge in [0.15, 0.2) is 7.94 Å². The highest BCUT2D eigenvalue weighted by atomic mass is 35.5. The third-order valence-corrected chi connectivity index (χ3v) is 9.73. The van der Waals surface area contributed by atoms with Gasteiger partial charge < -0.3 is 4.89 Å². The first-order chi connectivity index (χ1) is 13.3. The zero-order chi connectivity index (χ0) is 20.5. The molecule has 1 aromatic rings. The second-order valence-electron chi connectivity index (χ2n) is 8.67. The summed E-state index contributed by atoms with van der Waals surface area (Å²) in [6.45, 7) is 12.6. The van der Waals surface area contributed by atoms with E-state index in [1.807, 2.05) is 30.3 Å². The quantitative estimate of drug-likeness (QED) is 0.475. The van der Waals surface area contributed by atoms with E-state index in [1.54, 1.807) is 0 Å². The average Bonchev–Trinajstić information content (AvgIpc) is 2.90. The summed E-state index contributed by atoms with van der Waals surface area (Å²) >= 11 is 6.09. The summed E-state index contributed by atoms with van der Waals surface area (Å²) in [5, 5.41) is 4.36. The lowest BCUT2D eigenvalue weighted by Crippen LogP contribution is -2.48. The topological polar surface area (TPSA) is 41.6 Å². The van der Waals surface area contributed by atoms with Gasteiger partial charge in [0.1, 0.15) is 0 Å². The molecule has 1 saturated carbocycles. The second-order valence-corrected chi connectivity index (χ2v) is 11.4. The van der Waals surface area contributed by atoms with Crippen molar-refractivity contribution in [1.29, 1.82) is 0 Å². The molecule has 3 atom stereocenters. The van der Waals surface area contributed by atoms with Crippen molar-refractivity contribution in [3.8, 4) is 0 Å². The molecular formula is C22H35ClN3OP. The van der Waals surface area contributed by atoms with E-state index in [-0.39, 0.29) is 18.1 Å². The molecular weight excluding hydrogens is 389 g/mol. The monoisotopic (exact) mass is 423 g/mol. The number of nitrogens with one attached hydrogen (secondary N) is 1. The lowest BCUT2D eigenvalue weighted by Gasteiger charge is -2.45. The first-order valence-electron chi connectivity index (χ1n) is 10.6. The van der Waals surface area contributed by atoms with E-state index in [1.165, 1.54) is 12.8 Å². The minimum absolute atomic E-state index is 0.0525. The van der Waals surface area contributed by atoms with Gasteiger partial charge in [-0.25, -0.2) is 0 Å². The Morgan fingerprint density at radius 2 is 1.61 bits per heavy atom. The van der Waals surface area contributed by atoms with Gasteiger partial charge in [0, 0.05) is 17.1 Å². The van der Waals surface area contributed by atoms with Crippen molar-refractivity contribution < 1.29 is 4.89 Å². The van der Waals surface area contributed by atoms with Gasteiger partial charge in [-0.15, -0.1) is 15.9 Å². The van der Waals surface area contributed by atoms with Gasteiger partial charge in [-0.1, -0.05) is 42.7 Å². The summed E-state index contributed by atoms with van der Waals surface area (Å²) in [5.41, 5.74) is 1.10. The zero-order valence-electron chi connectivity index (χ0n) is 17.6. The second kappa shape index (κ2) is 9.12.